The molecule has 6 atom stereocenters. The van der Waals surface area contributed by atoms with Gasteiger partial charge in [0.05, 0.1) is 24.7 Å². The quantitative estimate of drug-likeness (QED) is 0.258. The fraction of sp³-hybridized carbons (Fsp3) is 0.323. The number of amides is 2. The molecule has 0 N–H and O–H groups in total. The molecule has 2 amide bonds. The maximum Gasteiger partial charge on any atom is 0.254 e. The number of ether oxygens (including phenoxy) is 2. The van der Waals surface area contributed by atoms with Crippen LogP contribution in [0.25, 0.3) is 10.8 Å². The normalized spacial score (nSPS) is 29.2. The first-order valence-corrected chi connectivity index (χ1v) is 13.1. The van der Waals surface area contributed by atoms with Crippen LogP contribution in [0.4, 0.5) is 0 Å². The number of nitrogens with zero attached hydrogens (tertiary/aromatic N) is 2. The van der Waals surface area contributed by atoms with Crippen molar-refractivity contribution in [2.24, 2.45) is 40.6 Å². The van der Waals surface area contributed by atoms with Crippen molar-refractivity contribution in [1.82, 2.24) is 5.01 Å². The molecule has 0 spiro atoms. The van der Waals surface area contributed by atoms with Crippen molar-refractivity contribution in [2.45, 2.75) is 20.0 Å². The highest BCUT2D eigenvalue weighted by Crippen LogP contribution is 2.65. The van der Waals surface area contributed by atoms with E-state index in [1.54, 1.807) is 6.21 Å². The minimum absolute atomic E-state index is 0.156. The second kappa shape index (κ2) is 8.58. The molecule has 0 radical (unpaired) electrons. The monoisotopic (exact) mass is 492 g/mol. The van der Waals surface area contributed by atoms with Gasteiger partial charge >= 0.3 is 0 Å². The van der Waals surface area contributed by atoms with E-state index < -0.39 is 0 Å². The van der Waals surface area contributed by atoms with Gasteiger partial charge in [0.2, 0.25) is 0 Å². The van der Waals surface area contributed by atoms with Crippen molar-refractivity contribution in [3.8, 4) is 11.5 Å². The summed E-state index contributed by atoms with van der Waals surface area (Å²) in [6.45, 7) is 2.81. The van der Waals surface area contributed by atoms with E-state index in [1.165, 1.54) is 5.39 Å². The molecule has 1 heterocycles. The number of hydrogen-bond donors (Lipinski definition) is 0. The Kier molecular flexibility index (Phi) is 5.17. The Labute approximate surface area is 215 Å². The number of carbonyl (C=O) groups is 2. The standard InChI is InChI=1S/C31H28N2O4/c1-2-36-27-14-18(10-13-26(27)37-17-20-8-5-7-19-6-3-4-9-21(19)20)16-32-33-30(34)28-22-11-12-23(25-15-24(22)25)29(28)31(33)35/h3-14,16,22-25,28-29H,2,15,17H2,1H3/t22-,23-,24-,25+,28+,29+/m0/s1. The van der Waals surface area contributed by atoms with Gasteiger partial charge in [-0.3, -0.25) is 9.59 Å². The third-order valence-corrected chi connectivity index (χ3v) is 8.49. The van der Waals surface area contributed by atoms with Crippen molar-refractivity contribution >= 4 is 28.8 Å². The van der Waals surface area contributed by atoms with Crippen LogP contribution in [0.5, 0.6) is 11.5 Å². The summed E-state index contributed by atoms with van der Waals surface area (Å²) in [5.74, 6) is 1.97. The van der Waals surface area contributed by atoms with Gasteiger partial charge < -0.3 is 9.47 Å². The van der Waals surface area contributed by atoms with Crippen molar-refractivity contribution in [3.05, 3.63) is 83.9 Å². The largest absolute Gasteiger partial charge is 0.490 e. The van der Waals surface area contributed by atoms with E-state index in [2.05, 4.69) is 41.5 Å². The van der Waals surface area contributed by atoms with Crippen LogP contribution in [-0.4, -0.2) is 29.6 Å². The van der Waals surface area contributed by atoms with Crippen LogP contribution >= 0.6 is 0 Å². The maximum atomic E-state index is 13.2. The molecule has 3 aromatic rings. The van der Waals surface area contributed by atoms with Gasteiger partial charge in [-0.15, -0.1) is 0 Å². The van der Waals surface area contributed by atoms with Gasteiger partial charge in [-0.25, -0.2) is 0 Å². The molecule has 0 unspecified atom stereocenters. The molecular weight excluding hydrogens is 464 g/mol. The lowest BCUT2D eigenvalue weighted by Crippen LogP contribution is -2.40. The summed E-state index contributed by atoms with van der Waals surface area (Å²) in [5.41, 5.74) is 1.83. The number of hydrazone groups is 1. The zero-order valence-corrected chi connectivity index (χ0v) is 20.6. The number of carbonyl (C=O) groups excluding carboxylic acids is 2. The number of benzene rings is 3. The Morgan fingerprint density at radius 2 is 1.62 bits per heavy atom. The van der Waals surface area contributed by atoms with Crippen LogP contribution in [0.2, 0.25) is 0 Å². The fourth-order valence-electron chi connectivity index (χ4n) is 6.75. The lowest BCUT2D eigenvalue weighted by molar-refractivity contribution is -0.140. The minimum atomic E-state index is -0.243. The van der Waals surface area contributed by atoms with Crippen LogP contribution in [0, 0.1) is 35.5 Å². The number of fused-ring (bicyclic) bond motifs is 1. The Hall–Kier alpha value is -3.93. The first-order valence-electron chi connectivity index (χ1n) is 13.1. The summed E-state index contributed by atoms with van der Waals surface area (Å²) in [6, 6.07) is 20.0. The molecule has 0 aromatic heterocycles. The van der Waals surface area contributed by atoms with Crippen LogP contribution in [0.15, 0.2) is 77.9 Å². The predicted molar refractivity (Wildman–Crippen MR) is 140 cm³/mol. The molecule has 3 fully saturated rings. The van der Waals surface area contributed by atoms with E-state index >= 15 is 0 Å². The molecule has 2 bridgehead atoms. The molecule has 1 saturated heterocycles. The molecule has 6 heteroatoms. The number of allylic oxidation sites excluding steroid dienone is 2. The smallest absolute Gasteiger partial charge is 0.254 e. The van der Waals surface area contributed by atoms with Gasteiger partial charge in [0, 0.05) is 0 Å². The second-order valence-corrected chi connectivity index (χ2v) is 10.5. The maximum absolute atomic E-state index is 13.2. The summed E-state index contributed by atoms with van der Waals surface area (Å²) in [5, 5.41) is 7.80. The Morgan fingerprint density at radius 3 is 2.38 bits per heavy atom. The zero-order chi connectivity index (χ0) is 25.1. The average molecular weight is 493 g/mol. The van der Waals surface area contributed by atoms with Crippen molar-refractivity contribution < 1.29 is 19.1 Å². The first kappa shape index (κ1) is 22.3. The summed E-state index contributed by atoms with van der Waals surface area (Å²) < 4.78 is 12.0. The highest BCUT2D eigenvalue weighted by Gasteiger charge is 2.67. The van der Waals surface area contributed by atoms with Crippen molar-refractivity contribution in [2.75, 3.05) is 6.61 Å². The molecule has 37 heavy (non-hydrogen) atoms. The van der Waals surface area contributed by atoms with Gasteiger partial charge in [0.1, 0.15) is 6.61 Å². The lowest BCUT2D eigenvalue weighted by atomic mass is 9.63. The molecule has 3 aromatic carbocycles. The Morgan fingerprint density at radius 1 is 0.892 bits per heavy atom. The number of hydrogen-bond acceptors (Lipinski definition) is 5. The summed E-state index contributed by atoms with van der Waals surface area (Å²) >= 11 is 0. The van der Waals surface area contributed by atoms with Crippen LogP contribution in [-0.2, 0) is 16.2 Å². The number of imide groups is 1. The molecule has 186 valence electrons. The van der Waals surface area contributed by atoms with Crippen LogP contribution in [0.3, 0.4) is 0 Å². The molecule has 2 saturated carbocycles. The molecule has 5 aliphatic rings. The van der Waals surface area contributed by atoms with Gasteiger partial charge in [-0.1, -0.05) is 54.6 Å². The first-order chi connectivity index (χ1) is 18.1. The van der Waals surface area contributed by atoms with Crippen LogP contribution < -0.4 is 9.47 Å². The summed E-state index contributed by atoms with van der Waals surface area (Å²) in [7, 11) is 0. The van der Waals surface area contributed by atoms with Crippen molar-refractivity contribution in [3.63, 3.8) is 0 Å². The summed E-state index contributed by atoms with van der Waals surface area (Å²) in [4.78, 5) is 26.3. The topological polar surface area (TPSA) is 68.2 Å². The van der Waals surface area contributed by atoms with E-state index in [4.69, 9.17) is 9.47 Å². The highest BCUT2D eigenvalue weighted by atomic mass is 16.5. The van der Waals surface area contributed by atoms with Gasteiger partial charge in [0.25, 0.3) is 11.8 Å². The number of rotatable bonds is 7. The minimum Gasteiger partial charge on any atom is -0.490 e. The van der Waals surface area contributed by atoms with Crippen molar-refractivity contribution in [1.29, 1.82) is 0 Å². The molecule has 1 aliphatic heterocycles. The molecule has 4 aliphatic carbocycles. The predicted octanol–water partition coefficient (Wildman–Crippen LogP) is 5.20. The zero-order valence-electron chi connectivity index (χ0n) is 20.6. The van der Waals surface area contributed by atoms with E-state index in [-0.39, 0.29) is 35.5 Å². The SMILES string of the molecule is CCOc1cc(C=NN2C(=O)[C@@H]3[C@H]4C=C[C@@H]([C@@H]5C[C@H]45)[C@H]3C2=O)ccc1OCc1cccc2ccccc12. The lowest BCUT2D eigenvalue weighted by Gasteiger charge is -2.37. The second-order valence-electron chi connectivity index (χ2n) is 10.5. The third kappa shape index (κ3) is 3.57. The van der Waals surface area contributed by atoms with Gasteiger partial charge in [-0.05, 0) is 77.1 Å². The van der Waals surface area contributed by atoms with E-state index in [0.29, 0.717) is 36.5 Å². The fourth-order valence-corrected chi connectivity index (χ4v) is 6.75. The van der Waals surface area contributed by atoms with E-state index in [1.807, 2.05) is 43.3 Å². The Bertz CT molecular complexity index is 1440. The average Bonchev–Trinajstić information content (AvgIpc) is 3.71. The Balaban J connectivity index is 1.10. The molecule has 6 nitrogen and oxygen atoms in total. The molecular formula is C31H28N2O4. The van der Waals surface area contributed by atoms with Crippen LogP contribution in [0.1, 0.15) is 24.5 Å². The van der Waals surface area contributed by atoms with Gasteiger partial charge in [-0.2, -0.15) is 10.1 Å². The third-order valence-electron chi connectivity index (χ3n) is 8.49. The van der Waals surface area contributed by atoms with E-state index in [0.717, 1.165) is 27.9 Å². The highest BCUT2D eigenvalue weighted by molar-refractivity contribution is 6.06. The summed E-state index contributed by atoms with van der Waals surface area (Å²) in [6.07, 6.45) is 7.06. The molecule has 8 rings (SSSR count). The van der Waals surface area contributed by atoms with E-state index in [9.17, 15) is 9.59 Å². The van der Waals surface area contributed by atoms with Gasteiger partial charge in [0.15, 0.2) is 11.5 Å².